The van der Waals surface area contributed by atoms with Gasteiger partial charge in [0.1, 0.15) is 5.75 Å². The normalized spacial score (nSPS) is 13.6. The predicted octanol–water partition coefficient (Wildman–Crippen LogP) is 2.00. The molecule has 0 spiro atoms. The lowest BCUT2D eigenvalue weighted by atomic mass is 10.3. The number of benzene rings is 2. The van der Waals surface area contributed by atoms with Gasteiger partial charge in [-0.1, -0.05) is 6.07 Å². The largest absolute Gasteiger partial charge is 0.497 e. The number of sulfonamides is 1. The van der Waals surface area contributed by atoms with Crippen LogP contribution in [0.25, 0.3) is 0 Å². The molecule has 1 heterocycles. The zero-order valence-corrected chi connectivity index (χ0v) is 16.9. The lowest BCUT2D eigenvalue weighted by molar-refractivity contribution is -0.116. The van der Waals surface area contributed by atoms with Gasteiger partial charge in [-0.2, -0.15) is 4.31 Å². The van der Waals surface area contributed by atoms with Gasteiger partial charge in [0.15, 0.2) is 0 Å². The van der Waals surface area contributed by atoms with Crippen molar-refractivity contribution in [1.29, 1.82) is 0 Å². The van der Waals surface area contributed by atoms with E-state index in [9.17, 15) is 18.0 Å². The van der Waals surface area contributed by atoms with Crippen LogP contribution in [0.4, 0.5) is 11.4 Å². The monoisotopic (exact) mass is 421 g/mol. The number of nitrogens with zero attached hydrogens (tertiary/aromatic N) is 1. The van der Waals surface area contributed by atoms with E-state index >= 15 is 0 Å². The molecule has 2 N–H and O–H groups in total. The summed E-state index contributed by atoms with van der Waals surface area (Å²) in [5.41, 5.74) is 1.09. The molecule has 0 aromatic heterocycles. The fraction of sp³-hybridized carbons (Fsp3) is 0.222. The second-order valence-corrected chi connectivity index (χ2v) is 9.10. The molecule has 0 unspecified atom stereocenters. The van der Waals surface area contributed by atoms with E-state index in [1.54, 1.807) is 30.3 Å². The van der Waals surface area contributed by atoms with Crippen molar-refractivity contribution in [2.24, 2.45) is 0 Å². The third-order valence-electron chi connectivity index (χ3n) is 4.01. The minimum Gasteiger partial charge on any atom is -0.497 e. The molecule has 8 nitrogen and oxygen atoms in total. The average Bonchev–Trinajstić information content (AvgIpc) is 2.67. The van der Waals surface area contributed by atoms with E-state index in [4.69, 9.17) is 4.74 Å². The maximum absolute atomic E-state index is 12.8. The standard InChI is InChI=1S/C18H19N3O5S2/c1-21(10-17(22)19-12-4-3-5-13(8-12)26-2)28(24,25)14-6-7-15-16(9-14)27-11-18(23)20-15/h3-9H,10-11H2,1-2H3,(H,19,22)(H,20,23). The predicted molar refractivity (Wildman–Crippen MR) is 107 cm³/mol. The Kier molecular flexibility index (Phi) is 5.92. The Labute approximate surface area is 167 Å². The van der Waals surface area contributed by atoms with E-state index in [2.05, 4.69) is 10.6 Å². The fourth-order valence-corrected chi connectivity index (χ4v) is 4.66. The Balaban J connectivity index is 1.71. The second kappa shape index (κ2) is 8.21. The summed E-state index contributed by atoms with van der Waals surface area (Å²) in [6.45, 7) is -0.347. The van der Waals surface area contributed by atoms with Gasteiger partial charge in [0, 0.05) is 23.7 Å². The van der Waals surface area contributed by atoms with E-state index in [1.807, 2.05) is 0 Å². The highest BCUT2D eigenvalue weighted by molar-refractivity contribution is 8.00. The summed E-state index contributed by atoms with van der Waals surface area (Å²) in [7, 11) is -1.00. The van der Waals surface area contributed by atoms with Gasteiger partial charge >= 0.3 is 0 Å². The molecule has 0 aliphatic carbocycles. The Morgan fingerprint density at radius 3 is 2.82 bits per heavy atom. The molecule has 0 saturated carbocycles. The van der Waals surface area contributed by atoms with Gasteiger partial charge in [-0.05, 0) is 30.3 Å². The van der Waals surface area contributed by atoms with Crippen LogP contribution in [-0.4, -0.2) is 51.0 Å². The number of ether oxygens (including phenoxy) is 1. The van der Waals surface area contributed by atoms with E-state index in [0.717, 1.165) is 4.31 Å². The summed E-state index contributed by atoms with van der Waals surface area (Å²) in [5, 5.41) is 5.34. The van der Waals surface area contributed by atoms with Crippen molar-refractivity contribution in [1.82, 2.24) is 4.31 Å². The summed E-state index contributed by atoms with van der Waals surface area (Å²) in [4.78, 5) is 24.4. The van der Waals surface area contributed by atoms with E-state index in [-0.39, 0.29) is 23.1 Å². The first-order valence-corrected chi connectivity index (χ1v) is 10.7. The van der Waals surface area contributed by atoms with Gasteiger partial charge in [-0.25, -0.2) is 8.42 Å². The smallest absolute Gasteiger partial charge is 0.243 e. The molecule has 1 aliphatic rings. The topological polar surface area (TPSA) is 105 Å². The van der Waals surface area contributed by atoms with E-state index < -0.39 is 15.9 Å². The third kappa shape index (κ3) is 4.46. The highest BCUT2D eigenvalue weighted by Crippen LogP contribution is 2.33. The number of thioether (sulfide) groups is 1. The number of methoxy groups -OCH3 is 1. The lowest BCUT2D eigenvalue weighted by Crippen LogP contribution is -2.35. The molecule has 28 heavy (non-hydrogen) atoms. The van der Waals surface area contributed by atoms with Crippen molar-refractivity contribution >= 4 is 45.0 Å². The van der Waals surface area contributed by atoms with Crippen LogP contribution in [0.3, 0.4) is 0 Å². The molecule has 2 aromatic rings. The maximum Gasteiger partial charge on any atom is 0.243 e. The van der Waals surface area contributed by atoms with Crippen LogP contribution in [0, 0.1) is 0 Å². The van der Waals surface area contributed by atoms with Crippen LogP contribution in [0.2, 0.25) is 0 Å². The van der Waals surface area contributed by atoms with Crippen molar-refractivity contribution in [3.8, 4) is 5.75 Å². The molecular formula is C18H19N3O5S2. The summed E-state index contributed by atoms with van der Waals surface area (Å²) in [6.07, 6.45) is 0. The molecule has 0 radical (unpaired) electrons. The molecular weight excluding hydrogens is 402 g/mol. The molecule has 2 amide bonds. The van der Waals surface area contributed by atoms with Gasteiger partial charge in [-0.3, -0.25) is 9.59 Å². The van der Waals surface area contributed by atoms with E-state index in [0.29, 0.717) is 22.0 Å². The van der Waals surface area contributed by atoms with Crippen molar-refractivity contribution in [2.45, 2.75) is 9.79 Å². The highest BCUT2D eigenvalue weighted by atomic mass is 32.2. The quantitative estimate of drug-likeness (QED) is 0.739. The number of amides is 2. The van der Waals surface area contributed by atoms with Gasteiger partial charge in [0.05, 0.1) is 30.0 Å². The van der Waals surface area contributed by atoms with Crippen LogP contribution in [0.15, 0.2) is 52.3 Å². The average molecular weight is 422 g/mol. The Bertz CT molecular complexity index is 1020. The van der Waals surface area contributed by atoms with Crippen molar-refractivity contribution < 1.29 is 22.7 Å². The molecule has 3 rings (SSSR count). The SMILES string of the molecule is COc1cccc(NC(=O)CN(C)S(=O)(=O)c2ccc3c(c2)SCC(=O)N3)c1. The van der Waals surface area contributed by atoms with Gasteiger partial charge < -0.3 is 15.4 Å². The molecule has 0 saturated heterocycles. The van der Waals surface area contributed by atoms with Crippen molar-refractivity contribution in [2.75, 3.05) is 37.1 Å². The van der Waals surface area contributed by atoms with Gasteiger partial charge in [0.2, 0.25) is 21.8 Å². The van der Waals surface area contributed by atoms with Gasteiger partial charge in [-0.15, -0.1) is 11.8 Å². The van der Waals surface area contributed by atoms with Crippen molar-refractivity contribution in [3.63, 3.8) is 0 Å². The first kappa shape index (κ1) is 20.2. The molecule has 2 aromatic carbocycles. The second-order valence-electron chi connectivity index (χ2n) is 6.04. The number of anilines is 2. The number of fused-ring (bicyclic) bond motifs is 1. The zero-order valence-electron chi connectivity index (χ0n) is 15.3. The van der Waals surface area contributed by atoms with Gasteiger partial charge in [0.25, 0.3) is 0 Å². The summed E-state index contributed by atoms with van der Waals surface area (Å²) in [6, 6.07) is 11.3. The minimum absolute atomic E-state index is 0.0616. The summed E-state index contributed by atoms with van der Waals surface area (Å²) >= 11 is 1.27. The highest BCUT2D eigenvalue weighted by Gasteiger charge is 2.25. The van der Waals surface area contributed by atoms with Crippen LogP contribution in [-0.2, 0) is 19.6 Å². The third-order valence-corrected chi connectivity index (χ3v) is 6.87. The first-order valence-electron chi connectivity index (χ1n) is 8.26. The Hall–Kier alpha value is -2.56. The molecule has 10 heteroatoms. The van der Waals surface area contributed by atoms with Crippen LogP contribution >= 0.6 is 11.8 Å². The van der Waals surface area contributed by atoms with Crippen LogP contribution < -0.4 is 15.4 Å². The number of rotatable bonds is 6. The molecule has 1 aliphatic heterocycles. The molecule has 0 fully saturated rings. The van der Waals surface area contributed by atoms with Crippen LogP contribution in [0.1, 0.15) is 0 Å². The van der Waals surface area contributed by atoms with Crippen LogP contribution in [0.5, 0.6) is 5.75 Å². The number of likely N-dealkylation sites (N-methyl/N-ethyl adjacent to an activating group) is 1. The minimum atomic E-state index is -3.86. The summed E-state index contributed by atoms with van der Waals surface area (Å²) in [5.74, 6) is 0.214. The molecule has 148 valence electrons. The fourth-order valence-electron chi connectivity index (χ4n) is 2.58. The maximum atomic E-state index is 12.8. The van der Waals surface area contributed by atoms with E-state index in [1.165, 1.54) is 38.1 Å². The summed E-state index contributed by atoms with van der Waals surface area (Å²) < 4.78 is 31.7. The Morgan fingerprint density at radius 1 is 1.29 bits per heavy atom. The number of nitrogens with one attached hydrogen (secondary N) is 2. The molecule has 0 bridgehead atoms. The molecule has 0 atom stereocenters. The number of hydrogen-bond acceptors (Lipinski definition) is 6. The number of carbonyl (C=O) groups is 2. The zero-order chi connectivity index (χ0) is 20.3. The lowest BCUT2D eigenvalue weighted by Gasteiger charge is -2.20. The number of hydrogen-bond donors (Lipinski definition) is 2. The first-order chi connectivity index (χ1) is 13.3. The Morgan fingerprint density at radius 2 is 2.07 bits per heavy atom. The number of carbonyl (C=O) groups excluding carboxylic acids is 2. The van der Waals surface area contributed by atoms with Crippen molar-refractivity contribution in [3.05, 3.63) is 42.5 Å².